The molecule has 0 aliphatic heterocycles. The molecule has 166 valence electrons. The van der Waals surface area contributed by atoms with Gasteiger partial charge in [0.1, 0.15) is 5.52 Å². The van der Waals surface area contributed by atoms with Crippen molar-refractivity contribution >= 4 is 56.0 Å². The zero-order valence-corrected chi connectivity index (χ0v) is 20.8. The van der Waals surface area contributed by atoms with Gasteiger partial charge in [-0.1, -0.05) is 60.5 Å². The lowest BCUT2D eigenvalue weighted by molar-refractivity contribution is -0.118. The van der Waals surface area contributed by atoms with E-state index in [1.807, 2.05) is 23.1 Å². The minimum Gasteiger partial charge on any atom is -0.302 e. The van der Waals surface area contributed by atoms with Gasteiger partial charge >= 0.3 is 0 Å². The highest BCUT2D eigenvalue weighted by molar-refractivity contribution is 7.99. The molecule has 0 N–H and O–H groups in total. The van der Waals surface area contributed by atoms with Crippen molar-refractivity contribution in [2.45, 2.75) is 38.5 Å². The Bertz CT molecular complexity index is 986. The van der Waals surface area contributed by atoms with Crippen LogP contribution >= 0.6 is 34.7 Å². The lowest BCUT2D eigenvalue weighted by Crippen LogP contribution is -2.38. The highest BCUT2D eigenvalue weighted by Gasteiger charge is 2.20. The van der Waals surface area contributed by atoms with Crippen LogP contribution in [-0.2, 0) is 4.79 Å². The fourth-order valence-corrected chi connectivity index (χ4v) is 5.47. The van der Waals surface area contributed by atoms with E-state index in [2.05, 4.69) is 49.9 Å². The molecule has 0 bridgehead atoms. The Morgan fingerprint density at radius 2 is 1.84 bits per heavy atom. The van der Waals surface area contributed by atoms with Gasteiger partial charge in [0.25, 0.3) is 0 Å². The molecule has 3 rings (SSSR count). The smallest absolute Gasteiger partial charge is 0.228 e. The Morgan fingerprint density at radius 3 is 2.52 bits per heavy atom. The van der Waals surface area contributed by atoms with Crippen LogP contribution in [0.4, 0.5) is 5.13 Å². The molecule has 0 saturated carbocycles. The van der Waals surface area contributed by atoms with Crippen LogP contribution in [0.2, 0.25) is 5.02 Å². The largest absolute Gasteiger partial charge is 0.302 e. The van der Waals surface area contributed by atoms with Crippen molar-refractivity contribution < 1.29 is 4.79 Å². The van der Waals surface area contributed by atoms with Crippen LogP contribution in [0.1, 0.15) is 32.3 Å². The number of hydrogen-bond acceptors (Lipinski definition) is 5. The number of aryl methyl sites for hydroxylation is 1. The highest BCUT2D eigenvalue weighted by Crippen LogP contribution is 2.33. The molecule has 0 saturated heterocycles. The fraction of sp³-hybridized carbons (Fsp3) is 0.417. The fourth-order valence-electron chi connectivity index (χ4n) is 3.31. The SMILES string of the molecule is CCN(CC)CCN(C(=O)CCCSc1ccc(C)cc1)c1nc2c(Cl)cccc2s1. The van der Waals surface area contributed by atoms with Gasteiger partial charge in [0.05, 0.1) is 9.72 Å². The number of amides is 1. The van der Waals surface area contributed by atoms with E-state index in [4.69, 9.17) is 16.6 Å². The first-order valence-corrected chi connectivity index (χ1v) is 13.0. The molecule has 0 aliphatic carbocycles. The molecule has 4 nitrogen and oxygen atoms in total. The average molecular weight is 476 g/mol. The Hall–Kier alpha value is -1.60. The molecule has 0 spiro atoms. The first kappa shape index (κ1) is 24.1. The van der Waals surface area contributed by atoms with Gasteiger partial charge in [0, 0.05) is 24.4 Å². The van der Waals surface area contributed by atoms with Gasteiger partial charge in [-0.25, -0.2) is 4.98 Å². The third-order valence-electron chi connectivity index (χ3n) is 5.25. The Morgan fingerprint density at radius 1 is 1.10 bits per heavy atom. The van der Waals surface area contributed by atoms with E-state index in [1.54, 1.807) is 11.8 Å². The zero-order chi connectivity index (χ0) is 22.2. The summed E-state index contributed by atoms with van der Waals surface area (Å²) >= 11 is 9.67. The molecule has 1 aromatic heterocycles. The number of rotatable bonds is 11. The van der Waals surface area contributed by atoms with Gasteiger partial charge in [-0.2, -0.15) is 0 Å². The summed E-state index contributed by atoms with van der Waals surface area (Å²) < 4.78 is 1.01. The van der Waals surface area contributed by atoms with Gasteiger partial charge in [0.15, 0.2) is 5.13 Å². The summed E-state index contributed by atoms with van der Waals surface area (Å²) in [4.78, 5) is 23.3. The number of nitrogens with zero attached hydrogens (tertiary/aromatic N) is 3. The number of carbonyl (C=O) groups is 1. The Labute approximate surface area is 198 Å². The molecule has 3 aromatic rings. The maximum atomic E-state index is 13.2. The summed E-state index contributed by atoms with van der Waals surface area (Å²) in [5.74, 6) is 1.05. The molecule has 1 amide bonds. The normalized spacial score (nSPS) is 11.4. The molecular formula is C24H30ClN3OS2. The molecule has 31 heavy (non-hydrogen) atoms. The number of anilines is 1. The van der Waals surface area contributed by atoms with Crippen molar-refractivity contribution in [3.8, 4) is 0 Å². The van der Waals surface area contributed by atoms with Crippen LogP contribution < -0.4 is 4.90 Å². The third-order valence-corrected chi connectivity index (χ3v) is 7.70. The van der Waals surface area contributed by atoms with E-state index in [0.29, 0.717) is 18.0 Å². The summed E-state index contributed by atoms with van der Waals surface area (Å²) in [6, 6.07) is 14.3. The second-order valence-corrected chi connectivity index (χ2v) is 10.0. The second kappa shape index (κ2) is 11.9. The van der Waals surface area contributed by atoms with Crippen LogP contribution in [0.3, 0.4) is 0 Å². The number of aromatic nitrogens is 1. The Balaban J connectivity index is 1.66. The molecule has 7 heteroatoms. The maximum Gasteiger partial charge on any atom is 0.228 e. The van der Waals surface area contributed by atoms with Crippen molar-refractivity contribution in [1.82, 2.24) is 9.88 Å². The van der Waals surface area contributed by atoms with Crippen LogP contribution in [0.5, 0.6) is 0 Å². The third kappa shape index (κ3) is 6.69. The average Bonchev–Trinajstić information content (AvgIpc) is 3.21. The number of para-hydroxylation sites is 1. The maximum absolute atomic E-state index is 13.2. The number of benzene rings is 2. The number of hydrogen-bond donors (Lipinski definition) is 0. The van der Waals surface area contributed by atoms with Gasteiger partial charge in [-0.05, 0) is 56.5 Å². The highest BCUT2D eigenvalue weighted by atomic mass is 35.5. The number of thioether (sulfide) groups is 1. The van der Waals surface area contributed by atoms with Crippen molar-refractivity contribution in [3.63, 3.8) is 0 Å². The van der Waals surface area contributed by atoms with Crippen molar-refractivity contribution in [1.29, 1.82) is 0 Å². The second-order valence-electron chi connectivity index (χ2n) is 7.42. The molecule has 0 aliphatic rings. The van der Waals surface area contributed by atoms with Gasteiger partial charge in [0.2, 0.25) is 5.91 Å². The predicted molar refractivity (Wildman–Crippen MR) is 136 cm³/mol. The van der Waals surface area contributed by atoms with E-state index >= 15 is 0 Å². The monoisotopic (exact) mass is 475 g/mol. The molecular weight excluding hydrogens is 446 g/mol. The molecule has 0 atom stereocenters. The number of carbonyl (C=O) groups excluding carboxylic acids is 1. The van der Waals surface area contributed by atoms with Gasteiger partial charge in [-0.3, -0.25) is 9.69 Å². The number of fused-ring (bicyclic) bond motifs is 1. The molecule has 0 unspecified atom stereocenters. The summed E-state index contributed by atoms with van der Waals surface area (Å²) in [7, 11) is 0. The van der Waals surface area contributed by atoms with E-state index in [9.17, 15) is 4.79 Å². The number of halogens is 1. The molecule has 1 heterocycles. The zero-order valence-electron chi connectivity index (χ0n) is 18.4. The first-order valence-electron chi connectivity index (χ1n) is 10.8. The molecule has 0 radical (unpaired) electrons. The van der Waals surface area contributed by atoms with E-state index in [-0.39, 0.29) is 5.91 Å². The van der Waals surface area contributed by atoms with Crippen LogP contribution in [0.25, 0.3) is 10.2 Å². The van der Waals surface area contributed by atoms with Crippen molar-refractivity contribution in [2.75, 3.05) is 36.8 Å². The van der Waals surface area contributed by atoms with E-state index < -0.39 is 0 Å². The first-order chi connectivity index (χ1) is 15.0. The molecule has 2 aromatic carbocycles. The quantitative estimate of drug-likeness (QED) is 0.234. The minimum absolute atomic E-state index is 0.131. The molecule has 0 fully saturated rings. The van der Waals surface area contributed by atoms with Gasteiger partial charge < -0.3 is 4.90 Å². The van der Waals surface area contributed by atoms with Crippen LogP contribution in [0.15, 0.2) is 47.4 Å². The lowest BCUT2D eigenvalue weighted by atomic mass is 10.2. The Kier molecular flexibility index (Phi) is 9.20. The standard InChI is InChI=1S/C24H30ClN3OS2/c1-4-27(5-2)15-16-28(24-26-23-20(25)8-6-9-21(23)31-24)22(29)10-7-17-30-19-13-11-18(3)12-14-19/h6,8-9,11-14H,4-5,7,10,15-17H2,1-3H3. The minimum atomic E-state index is 0.131. The summed E-state index contributed by atoms with van der Waals surface area (Å²) in [5, 5.41) is 1.37. The summed E-state index contributed by atoms with van der Waals surface area (Å²) in [6.45, 7) is 9.80. The predicted octanol–water partition coefficient (Wildman–Crippen LogP) is 6.51. The van der Waals surface area contributed by atoms with Crippen molar-refractivity contribution in [3.05, 3.63) is 53.1 Å². The van der Waals surface area contributed by atoms with Crippen LogP contribution in [-0.4, -0.2) is 47.7 Å². The number of thiazole rings is 1. The van der Waals surface area contributed by atoms with Crippen molar-refractivity contribution in [2.24, 2.45) is 0 Å². The number of likely N-dealkylation sites (N-methyl/N-ethyl adjacent to an activating group) is 1. The lowest BCUT2D eigenvalue weighted by Gasteiger charge is -2.24. The van der Waals surface area contributed by atoms with E-state index in [1.165, 1.54) is 21.8 Å². The topological polar surface area (TPSA) is 36.4 Å². The van der Waals surface area contributed by atoms with Gasteiger partial charge in [-0.15, -0.1) is 11.8 Å². The van der Waals surface area contributed by atoms with Crippen LogP contribution in [0, 0.1) is 6.92 Å². The summed E-state index contributed by atoms with van der Waals surface area (Å²) in [6.07, 6.45) is 1.35. The summed E-state index contributed by atoms with van der Waals surface area (Å²) in [5.41, 5.74) is 2.04. The van der Waals surface area contributed by atoms with E-state index in [0.717, 1.165) is 47.2 Å².